The maximum Gasteiger partial charge on any atom is 0.116 e. The lowest BCUT2D eigenvalue weighted by Gasteiger charge is -2.07. The van der Waals surface area contributed by atoms with Crippen molar-refractivity contribution in [3.05, 3.63) is 46.6 Å². The predicted octanol–water partition coefficient (Wildman–Crippen LogP) is 3.51. The number of hydrogen-bond acceptors (Lipinski definition) is 3. The van der Waals surface area contributed by atoms with Crippen LogP contribution in [-0.4, -0.2) is 20.0 Å². The molecule has 2 N–H and O–H groups in total. The molecule has 0 radical (unpaired) electrons. The molecule has 0 saturated carbocycles. The number of hydrogen-bond donors (Lipinski definition) is 2. The molecule has 0 aliphatic carbocycles. The van der Waals surface area contributed by atoms with E-state index in [0.717, 1.165) is 26.8 Å². The first kappa shape index (κ1) is 12.0. The average molecular weight is 319 g/mol. The SMILES string of the molecule is Cc1c2cc(O)ccc2nn1-c1ccc(O)cc1Br. The predicted molar refractivity (Wildman–Crippen MR) is 76.8 cm³/mol. The molecule has 4 nitrogen and oxygen atoms in total. The van der Waals surface area contributed by atoms with Gasteiger partial charge in [-0.05, 0) is 59.3 Å². The van der Waals surface area contributed by atoms with E-state index >= 15 is 0 Å². The minimum atomic E-state index is 0.197. The van der Waals surface area contributed by atoms with Gasteiger partial charge >= 0.3 is 0 Å². The van der Waals surface area contributed by atoms with E-state index in [4.69, 9.17) is 0 Å². The summed E-state index contributed by atoms with van der Waals surface area (Å²) in [5.74, 6) is 0.419. The van der Waals surface area contributed by atoms with Gasteiger partial charge in [0.1, 0.15) is 11.5 Å². The second-order valence-corrected chi connectivity index (χ2v) is 5.19. The van der Waals surface area contributed by atoms with Crippen LogP contribution >= 0.6 is 15.9 Å². The maximum absolute atomic E-state index is 9.55. The highest BCUT2D eigenvalue weighted by Gasteiger charge is 2.12. The van der Waals surface area contributed by atoms with Crippen molar-refractivity contribution in [3.8, 4) is 17.2 Å². The number of phenols is 2. The van der Waals surface area contributed by atoms with Crippen LogP contribution < -0.4 is 0 Å². The van der Waals surface area contributed by atoms with Gasteiger partial charge in [0.15, 0.2) is 0 Å². The van der Waals surface area contributed by atoms with E-state index < -0.39 is 0 Å². The van der Waals surface area contributed by atoms with Gasteiger partial charge in [0.2, 0.25) is 0 Å². The Bertz CT molecular complexity index is 780. The van der Waals surface area contributed by atoms with Crippen LogP contribution in [0.3, 0.4) is 0 Å². The standard InChI is InChI=1S/C14H11BrN2O2/c1-8-11-6-9(18)2-4-13(11)16-17(8)14-5-3-10(19)7-12(14)15/h2-7,18-19H,1H3. The lowest BCUT2D eigenvalue weighted by atomic mass is 10.2. The molecule has 0 bridgehead atoms. The lowest BCUT2D eigenvalue weighted by molar-refractivity contribution is 0.474. The Morgan fingerprint density at radius 2 is 1.74 bits per heavy atom. The molecule has 1 aromatic heterocycles. The Hall–Kier alpha value is -2.01. The van der Waals surface area contributed by atoms with Crippen LogP contribution in [-0.2, 0) is 0 Å². The van der Waals surface area contributed by atoms with Gasteiger partial charge in [-0.15, -0.1) is 0 Å². The molecule has 3 aromatic rings. The molecule has 0 atom stereocenters. The molecule has 2 aromatic carbocycles. The smallest absolute Gasteiger partial charge is 0.116 e. The lowest BCUT2D eigenvalue weighted by Crippen LogP contribution is -1.99. The second kappa shape index (κ2) is 4.28. The number of halogens is 1. The van der Waals surface area contributed by atoms with Crippen LogP contribution in [0.15, 0.2) is 40.9 Å². The summed E-state index contributed by atoms with van der Waals surface area (Å²) in [6.07, 6.45) is 0. The zero-order valence-electron chi connectivity index (χ0n) is 10.1. The summed E-state index contributed by atoms with van der Waals surface area (Å²) < 4.78 is 2.54. The Kier molecular flexibility index (Phi) is 2.71. The minimum Gasteiger partial charge on any atom is -0.508 e. The van der Waals surface area contributed by atoms with Gasteiger partial charge in [-0.1, -0.05) is 0 Å². The van der Waals surface area contributed by atoms with Gasteiger partial charge in [0, 0.05) is 15.6 Å². The van der Waals surface area contributed by atoms with Gasteiger partial charge < -0.3 is 10.2 Å². The summed E-state index contributed by atoms with van der Waals surface area (Å²) in [6, 6.07) is 10.1. The summed E-state index contributed by atoms with van der Waals surface area (Å²) in [5, 5.41) is 24.4. The topological polar surface area (TPSA) is 58.3 Å². The molecule has 0 saturated heterocycles. The Labute approximate surface area is 118 Å². The van der Waals surface area contributed by atoms with Gasteiger partial charge in [-0.2, -0.15) is 5.10 Å². The molecule has 0 spiro atoms. The van der Waals surface area contributed by atoms with E-state index in [1.165, 1.54) is 0 Å². The monoisotopic (exact) mass is 318 g/mol. The molecule has 0 aliphatic rings. The number of rotatable bonds is 1. The number of benzene rings is 2. The molecule has 3 rings (SSSR count). The summed E-state index contributed by atoms with van der Waals surface area (Å²) in [4.78, 5) is 0. The van der Waals surface area contributed by atoms with Gasteiger partial charge in [-0.3, -0.25) is 0 Å². The zero-order chi connectivity index (χ0) is 13.6. The highest BCUT2D eigenvalue weighted by Crippen LogP contribution is 2.29. The van der Waals surface area contributed by atoms with E-state index in [-0.39, 0.29) is 11.5 Å². The maximum atomic E-state index is 9.55. The Morgan fingerprint density at radius 3 is 2.47 bits per heavy atom. The van der Waals surface area contributed by atoms with Crippen LogP contribution in [0.2, 0.25) is 0 Å². The van der Waals surface area contributed by atoms with E-state index in [0.29, 0.717) is 0 Å². The van der Waals surface area contributed by atoms with Crippen LogP contribution in [0.25, 0.3) is 16.6 Å². The average Bonchev–Trinajstić information content (AvgIpc) is 2.67. The first-order valence-corrected chi connectivity index (χ1v) is 6.53. The van der Waals surface area contributed by atoms with E-state index in [1.54, 1.807) is 41.1 Å². The fourth-order valence-corrected chi connectivity index (χ4v) is 2.63. The molecular formula is C14H11BrN2O2. The summed E-state index contributed by atoms with van der Waals surface area (Å²) >= 11 is 3.42. The molecule has 0 amide bonds. The molecule has 0 fully saturated rings. The molecule has 5 heteroatoms. The van der Waals surface area contributed by atoms with Gasteiger partial charge in [0.05, 0.1) is 11.2 Å². The van der Waals surface area contributed by atoms with Gasteiger partial charge in [0.25, 0.3) is 0 Å². The molecular weight excluding hydrogens is 308 g/mol. The van der Waals surface area contributed by atoms with Crippen LogP contribution in [0.1, 0.15) is 5.69 Å². The van der Waals surface area contributed by atoms with Crippen molar-refractivity contribution in [1.82, 2.24) is 9.78 Å². The Balaban J connectivity index is 2.28. The second-order valence-electron chi connectivity index (χ2n) is 4.33. The van der Waals surface area contributed by atoms with Crippen LogP contribution in [0.4, 0.5) is 0 Å². The fourth-order valence-electron chi connectivity index (χ4n) is 2.10. The summed E-state index contributed by atoms with van der Waals surface area (Å²) in [6.45, 7) is 1.94. The van der Waals surface area contributed by atoms with Crippen LogP contribution in [0.5, 0.6) is 11.5 Å². The highest BCUT2D eigenvalue weighted by molar-refractivity contribution is 9.10. The molecule has 0 aliphatic heterocycles. The fraction of sp³-hybridized carbons (Fsp3) is 0.0714. The van der Waals surface area contributed by atoms with Crippen molar-refractivity contribution >= 4 is 26.8 Å². The summed E-state index contributed by atoms with van der Waals surface area (Å²) in [5.41, 5.74) is 2.58. The van der Waals surface area contributed by atoms with Crippen molar-refractivity contribution < 1.29 is 10.2 Å². The third-order valence-corrected chi connectivity index (χ3v) is 3.69. The van der Waals surface area contributed by atoms with Crippen molar-refractivity contribution in [2.24, 2.45) is 0 Å². The van der Waals surface area contributed by atoms with Crippen molar-refractivity contribution in [2.45, 2.75) is 6.92 Å². The third-order valence-electron chi connectivity index (χ3n) is 3.05. The van der Waals surface area contributed by atoms with Crippen molar-refractivity contribution in [3.63, 3.8) is 0 Å². The summed E-state index contributed by atoms with van der Waals surface area (Å²) in [7, 11) is 0. The molecule has 0 unspecified atom stereocenters. The quantitative estimate of drug-likeness (QED) is 0.722. The van der Waals surface area contributed by atoms with E-state index in [1.807, 2.05) is 6.92 Å². The number of aromatic hydroxyl groups is 2. The number of phenolic OH excluding ortho intramolecular Hbond substituents is 2. The van der Waals surface area contributed by atoms with Crippen molar-refractivity contribution in [1.29, 1.82) is 0 Å². The van der Waals surface area contributed by atoms with Crippen molar-refractivity contribution in [2.75, 3.05) is 0 Å². The van der Waals surface area contributed by atoms with Gasteiger partial charge in [-0.25, -0.2) is 4.68 Å². The first-order chi connectivity index (χ1) is 9.06. The zero-order valence-corrected chi connectivity index (χ0v) is 11.7. The van der Waals surface area contributed by atoms with Crippen LogP contribution in [0, 0.1) is 6.92 Å². The Morgan fingerprint density at radius 1 is 1.05 bits per heavy atom. The molecule has 19 heavy (non-hydrogen) atoms. The third kappa shape index (κ3) is 1.96. The minimum absolute atomic E-state index is 0.197. The number of nitrogens with zero attached hydrogens (tertiary/aromatic N) is 2. The number of fused-ring (bicyclic) bond motifs is 1. The first-order valence-electron chi connectivity index (χ1n) is 5.73. The van der Waals surface area contributed by atoms with E-state index in [2.05, 4.69) is 21.0 Å². The van der Waals surface area contributed by atoms with E-state index in [9.17, 15) is 10.2 Å². The molecule has 96 valence electrons. The highest BCUT2D eigenvalue weighted by atomic mass is 79.9. The number of aromatic nitrogens is 2. The largest absolute Gasteiger partial charge is 0.508 e. The number of aryl methyl sites for hydroxylation is 1. The normalized spacial score (nSPS) is 11.1. The molecule has 1 heterocycles.